The number of aryl methyl sites for hydroxylation is 3. The predicted molar refractivity (Wildman–Crippen MR) is 194 cm³/mol. The number of ether oxygens (including phenoxy) is 1. The van der Waals surface area contributed by atoms with Gasteiger partial charge in [-0.1, -0.05) is 101 Å². The van der Waals surface area contributed by atoms with E-state index in [-0.39, 0.29) is 24.4 Å². The first-order valence-electron chi connectivity index (χ1n) is 17.4. The maximum atomic E-state index is 10.9. The van der Waals surface area contributed by atoms with E-state index in [1.165, 1.54) is 50.1 Å². The Balaban J connectivity index is 1.81. The van der Waals surface area contributed by atoms with Gasteiger partial charge >= 0.3 is 0 Å². The van der Waals surface area contributed by atoms with Crippen molar-refractivity contribution in [2.75, 3.05) is 5.32 Å². The van der Waals surface area contributed by atoms with Crippen molar-refractivity contribution in [1.82, 2.24) is 0 Å². The summed E-state index contributed by atoms with van der Waals surface area (Å²) in [5.74, 6) is 1.49. The Kier molecular flexibility index (Phi) is 12.1. The second-order valence-electron chi connectivity index (χ2n) is 15.0. The molecule has 4 rings (SSSR count). The molecule has 3 aromatic carbocycles. The Morgan fingerprint density at radius 3 is 2.07 bits per heavy atom. The molecule has 3 aromatic rings. The smallest absolute Gasteiger partial charge is 0.0793 e. The molecule has 3 heteroatoms. The van der Waals surface area contributed by atoms with Crippen molar-refractivity contribution in [3.8, 4) is 11.1 Å². The number of hydrogen-bond donors (Lipinski definition) is 2. The van der Waals surface area contributed by atoms with Gasteiger partial charge < -0.3 is 15.2 Å². The minimum Gasteiger partial charge on any atom is -0.393 e. The van der Waals surface area contributed by atoms with Crippen molar-refractivity contribution in [2.45, 2.75) is 126 Å². The molecule has 1 heterocycles. The topological polar surface area (TPSA) is 41.5 Å². The third-order valence-corrected chi connectivity index (χ3v) is 9.08. The van der Waals surface area contributed by atoms with Crippen LogP contribution in [0.15, 0.2) is 60.7 Å². The number of hydrogen-bond acceptors (Lipinski definition) is 3. The number of fused-ring (bicyclic) bond motifs is 2. The number of benzene rings is 3. The molecule has 0 saturated heterocycles. The maximum absolute atomic E-state index is 10.9. The molecule has 2 unspecified atom stereocenters. The summed E-state index contributed by atoms with van der Waals surface area (Å²) in [5.41, 5.74) is 12.9. The Morgan fingerprint density at radius 2 is 1.42 bits per heavy atom. The molecule has 4 atom stereocenters. The standard InChI is InChI=1S/C42H59NO2/c1-26(2)19-35-15-16-36-23-30(8)22-31(9)41(36)42(32(10)45-38(21-28(5)6)25-37(44)20-27(3)4)43-40-18-17-34(24-39(35)40)33-13-11-29(7)12-14-33/h11-15,17-18,22-24,26-28,32,37-38,42-44H,16,19-21,25H2,1-10H3/b35-15-/t32-,37?,38?,42+/m0/s1. The highest BCUT2D eigenvalue weighted by molar-refractivity contribution is 5.82. The van der Waals surface area contributed by atoms with Crippen LogP contribution in [0.1, 0.15) is 114 Å². The van der Waals surface area contributed by atoms with E-state index in [0.717, 1.165) is 31.4 Å². The van der Waals surface area contributed by atoms with Crippen LogP contribution in [-0.4, -0.2) is 23.4 Å². The second kappa shape index (κ2) is 15.6. The summed E-state index contributed by atoms with van der Waals surface area (Å²) in [4.78, 5) is 0. The highest BCUT2D eigenvalue weighted by Gasteiger charge is 2.30. The fraction of sp³-hybridized carbons (Fsp3) is 0.524. The maximum Gasteiger partial charge on any atom is 0.0793 e. The van der Waals surface area contributed by atoms with Gasteiger partial charge in [-0.05, 0) is 123 Å². The summed E-state index contributed by atoms with van der Waals surface area (Å²) in [6, 6.07) is 20.4. The molecule has 0 saturated carbocycles. The Morgan fingerprint density at radius 1 is 0.756 bits per heavy atom. The summed E-state index contributed by atoms with van der Waals surface area (Å²) >= 11 is 0. The first-order valence-corrected chi connectivity index (χ1v) is 17.4. The fourth-order valence-corrected chi connectivity index (χ4v) is 7.17. The number of rotatable bonds is 12. The minimum absolute atomic E-state index is 0.00427. The molecule has 0 fully saturated rings. The van der Waals surface area contributed by atoms with Crippen LogP contribution in [0.2, 0.25) is 0 Å². The van der Waals surface area contributed by atoms with Gasteiger partial charge in [0.1, 0.15) is 0 Å². The predicted octanol–water partition coefficient (Wildman–Crippen LogP) is 11.0. The summed E-state index contributed by atoms with van der Waals surface area (Å²) < 4.78 is 7.00. The molecule has 3 nitrogen and oxygen atoms in total. The lowest BCUT2D eigenvalue weighted by molar-refractivity contribution is -0.0469. The molecule has 0 spiro atoms. The van der Waals surface area contributed by atoms with Crippen molar-refractivity contribution in [2.24, 2.45) is 17.8 Å². The quantitative estimate of drug-likeness (QED) is 0.215. The van der Waals surface area contributed by atoms with E-state index in [0.29, 0.717) is 24.2 Å². The minimum atomic E-state index is -0.352. The molecule has 0 bridgehead atoms. The van der Waals surface area contributed by atoms with Gasteiger partial charge in [0.25, 0.3) is 0 Å². The molecule has 1 aliphatic rings. The van der Waals surface area contributed by atoms with Crippen molar-refractivity contribution in [3.05, 3.63) is 94.1 Å². The largest absolute Gasteiger partial charge is 0.393 e. The average Bonchev–Trinajstić information content (AvgIpc) is 2.99. The molecule has 1 aliphatic heterocycles. The van der Waals surface area contributed by atoms with Crippen LogP contribution < -0.4 is 5.32 Å². The molecule has 2 N–H and O–H groups in total. The molecular formula is C42H59NO2. The first kappa shape index (κ1) is 35.0. The van der Waals surface area contributed by atoms with E-state index in [1.807, 2.05) is 0 Å². The first-order chi connectivity index (χ1) is 21.3. The molecule has 45 heavy (non-hydrogen) atoms. The zero-order valence-corrected chi connectivity index (χ0v) is 29.7. The van der Waals surface area contributed by atoms with E-state index >= 15 is 0 Å². The van der Waals surface area contributed by atoms with Crippen molar-refractivity contribution in [1.29, 1.82) is 0 Å². The van der Waals surface area contributed by atoms with Gasteiger partial charge in [-0.15, -0.1) is 0 Å². The van der Waals surface area contributed by atoms with Gasteiger partial charge in [0, 0.05) is 11.3 Å². The van der Waals surface area contributed by atoms with Gasteiger partial charge in [0.05, 0.1) is 24.4 Å². The van der Waals surface area contributed by atoms with Crippen LogP contribution in [0.5, 0.6) is 0 Å². The van der Waals surface area contributed by atoms with Crippen LogP contribution in [0.25, 0.3) is 16.7 Å². The van der Waals surface area contributed by atoms with Crippen LogP contribution in [0.3, 0.4) is 0 Å². The Bertz CT molecular complexity index is 1430. The average molecular weight is 610 g/mol. The Labute approximate surface area is 274 Å². The van der Waals surface area contributed by atoms with Crippen molar-refractivity contribution >= 4 is 11.3 Å². The lowest BCUT2D eigenvalue weighted by Crippen LogP contribution is -2.33. The van der Waals surface area contributed by atoms with Gasteiger partial charge in [-0.2, -0.15) is 0 Å². The van der Waals surface area contributed by atoms with Crippen molar-refractivity contribution in [3.63, 3.8) is 0 Å². The van der Waals surface area contributed by atoms with Gasteiger partial charge in [-0.3, -0.25) is 0 Å². The fourth-order valence-electron chi connectivity index (χ4n) is 7.17. The van der Waals surface area contributed by atoms with Crippen LogP contribution >= 0.6 is 0 Å². The number of nitrogens with one attached hydrogen (secondary N) is 1. The molecule has 244 valence electrons. The monoisotopic (exact) mass is 609 g/mol. The molecule has 0 aromatic heterocycles. The summed E-state index contributed by atoms with van der Waals surface area (Å²) in [6.07, 6.45) is 6.34. The van der Waals surface area contributed by atoms with Crippen molar-refractivity contribution < 1.29 is 9.84 Å². The Hall–Kier alpha value is -2.88. The van der Waals surface area contributed by atoms with E-state index < -0.39 is 0 Å². The highest BCUT2D eigenvalue weighted by atomic mass is 16.5. The van der Waals surface area contributed by atoms with Crippen LogP contribution in [0, 0.1) is 38.5 Å². The zero-order valence-electron chi connectivity index (χ0n) is 29.7. The lowest BCUT2D eigenvalue weighted by atomic mass is 9.88. The number of aliphatic hydroxyl groups excluding tert-OH is 1. The third kappa shape index (κ3) is 9.56. The van der Waals surface area contributed by atoms with Crippen LogP contribution in [-0.2, 0) is 11.2 Å². The summed E-state index contributed by atoms with van der Waals surface area (Å²) in [6.45, 7) is 22.3. The summed E-state index contributed by atoms with van der Waals surface area (Å²) in [5, 5.41) is 15.0. The normalized spacial score (nSPS) is 18.3. The van der Waals surface area contributed by atoms with E-state index in [2.05, 4.69) is 135 Å². The SMILES string of the molecule is Cc1ccc(-c2ccc3c(c2)/C(CC(C)C)=C\Cc2cc(C)cc(C)c2[C@@H]([C@H](C)OC(CC(C)C)CC(O)CC(C)C)N3)cc1. The summed E-state index contributed by atoms with van der Waals surface area (Å²) in [7, 11) is 0. The number of allylic oxidation sites excluding steroid dienone is 2. The van der Waals surface area contributed by atoms with E-state index in [4.69, 9.17) is 4.74 Å². The molecule has 0 radical (unpaired) electrons. The third-order valence-electron chi connectivity index (χ3n) is 9.08. The number of aliphatic hydroxyl groups is 1. The van der Waals surface area contributed by atoms with E-state index in [1.54, 1.807) is 0 Å². The van der Waals surface area contributed by atoms with Gasteiger partial charge in [0.15, 0.2) is 0 Å². The molecule has 0 amide bonds. The highest BCUT2D eigenvalue weighted by Crippen LogP contribution is 2.40. The van der Waals surface area contributed by atoms with E-state index in [9.17, 15) is 5.11 Å². The zero-order chi connectivity index (χ0) is 32.8. The second-order valence-corrected chi connectivity index (χ2v) is 15.0. The molecular weight excluding hydrogens is 550 g/mol. The van der Waals surface area contributed by atoms with Gasteiger partial charge in [-0.25, -0.2) is 0 Å². The van der Waals surface area contributed by atoms with Crippen LogP contribution in [0.4, 0.5) is 5.69 Å². The number of anilines is 1. The van der Waals surface area contributed by atoms with Gasteiger partial charge in [0.2, 0.25) is 0 Å². The molecule has 0 aliphatic carbocycles. The lowest BCUT2D eigenvalue weighted by Gasteiger charge is -2.34.